The van der Waals surface area contributed by atoms with Gasteiger partial charge >= 0.3 is 6.08 Å². The number of nitrogens with zero attached hydrogens (tertiary/aromatic N) is 5. The van der Waals surface area contributed by atoms with Crippen molar-refractivity contribution in [2.75, 3.05) is 38.6 Å². The van der Waals surface area contributed by atoms with Crippen LogP contribution in [0.4, 0.5) is 10.2 Å². The molecule has 1 atom stereocenters. The summed E-state index contributed by atoms with van der Waals surface area (Å²) in [5.41, 5.74) is 14.3. The van der Waals surface area contributed by atoms with Gasteiger partial charge in [-0.2, -0.15) is 14.4 Å². The molecule has 40 heavy (non-hydrogen) atoms. The summed E-state index contributed by atoms with van der Waals surface area (Å²) in [7, 11) is 0. The van der Waals surface area contributed by atoms with Crippen molar-refractivity contribution >= 4 is 23.3 Å². The molecule has 6 rings (SSSR count). The van der Waals surface area contributed by atoms with E-state index in [0.29, 0.717) is 78.6 Å². The van der Waals surface area contributed by atoms with Crippen molar-refractivity contribution in [2.45, 2.75) is 38.8 Å². The van der Waals surface area contributed by atoms with Gasteiger partial charge in [0.25, 0.3) is 0 Å². The summed E-state index contributed by atoms with van der Waals surface area (Å²) in [5, 5.41) is 0. The predicted octanol–water partition coefficient (Wildman–Crippen LogP) is 2.93. The topological polar surface area (TPSA) is 148 Å². The first-order valence-electron chi connectivity index (χ1n) is 13.6. The molecule has 0 spiro atoms. The molecule has 11 nitrogen and oxygen atoms in total. The summed E-state index contributed by atoms with van der Waals surface area (Å²) in [6, 6.07) is 7.58. The monoisotopic (exact) mass is 549 g/mol. The minimum absolute atomic E-state index is 0.00153. The maximum atomic E-state index is 14.3. The lowest BCUT2D eigenvalue weighted by molar-refractivity contribution is -0.109. The van der Waals surface area contributed by atoms with Gasteiger partial charge in [-0.3, -0.25) is 4.90 Å². The first kappa shape index (κ1) is 26.2. The van der Waals surface area contributed by atoms with Gasteiger partial charge in [0.2, 0.25) is 0 Å². The maximum absolute atomic E-state index is 14.3. The first-order valence-corrected chi connectivity index (χ1v) is 13.6. The lowest BCUT2D eigenvalue weighted by Gasteiger charge is -2.31. The number of nitrogen functional groups attached to an aromatic ring is 1. The Morgan fingerprint density at radius 1 is 1.12 bits per heavy atom. The van der Waals surface area contributed by atoms with Crippen LogP contribution in [0.1, 0.15) is 36.4 Å². The van der Waals surface area contributed by atoms with Crippen molar-refractivity contribution in [2.24, 2.45) is 11.7 Å². The Labute approximate surface area is 230 Å². The molecule has 1 saturated heterocycles. The highest BCUT2D eigenvalue weighted by atomic mass is 19.1. The van der Waals surface area contributed by atoms with Crippen LogP contribution in [0.5, 0.6) is 11.5 Å². The summed E-state index contributed by atoms with van der Waals surface area (Å²) in [6.45, 7) is 3.98. The van der Waals surface area contributed by atoms with Crippen molar-refractivity contribution in [3.63, 3.8) is 0 Å². The van der Waals surface area contributed by atoms with Crippen LogP contribution in [0.2, 0.25) is 0 Å². The third kappa shape index (κ3) is 5.24. The third-order valence-electron chi connectivity index (χ3n) is 7.62. The first-order chi connectivity index (χ1) is 19.5. The van der Waals surface area contributed by atoms with E-state index in [4.69, 9.17) is 30.3 Å². The van der Waals surface area contributed by atoms with E-state index in [1.165, 1.54) is 0 Å². The number of hydrogen-bond donors (Lipinski definition) is 2. The number of piperidine rings is 1. The number of hydrogen-bond acceptors (Lipinski definition) is 10. The van der Waals surface area contributed by atoms with Gasteiger partial charge in [0.15, 0.2) is 28.5 Å². The van der Waals surface area contributed by atoms with E-state index in [2.05, 4.69) is 14.9 Å². The Morgan fingerprint density at radius 3 is 2.73 bits per heavy atom. The average molecular weight is 550 g/mol. The van der Waals surface area contributed by atoms with Crippen LogP contribution in [-0.2, 0) is 24.3 Å². The highest BCUT2D eigenvalue weighted by Crippen LogP contribution is 2.39. The number of aromatic nitrogens is 4. The Hall–Kier alpha value is -4.03. The van der Waals surface area contributed by atoms with E-state index in [1.807, 2.05) is 28.8 Å². The SMILES string of the molecule is NCc1ccc(-c2cc3c(cc2Cc2nc4c(N)nc(F)nc4n2CC[C@@H]2CCCN(CC=O)C2)OCCO3)o1. The van der Waals surface area contributed by atoms with Gasteiger partial charge in [0.05, 0.1) is 13.1 Å². The van der Waals surface area contributed by atoms with Crippen LogP contribution >= 0.6 is 0 Å². The number of furan rings is 1. The number of rotatable bonds is 9. The number of aldehydes is 1. The Morgan fingerprint density at radius 2 is 1.95 bits per heavy atom. The number of ether oxygens (including phenoxy) is 2. The van der Waals surface area contributed by atoms with Crippen molar-refractivity contribution in [3.8, 4) is 22.8 Å². The fourth-order valence-electron chi connectivity index (χ4n) is 5.69. The number of imidazole rings is 1. The summed E-state index contributed by atoms with van der Waals surface area (Å²) in [6.07, 6.45) is 3.37. The largest absolute Gasteiger partial charge is 0.486 e. The van der Waals surface area contributed by atoms with Gasteiger partial charge in [0.1, 0.15) is 36.8 Å². The molecule has 0 saturated carbocycles. The summed E-state index contributed by atoms with van der Waals surface area (Å²) < 4.78 is 34.0. The Kier molecular flexibility index (Phi) is 7.35. The van der Waals surface area contributed by atoms with Crippen LogP contribution in [0, 0.1) is 12.0 Å². The zero-order valence-corrected chi connectivity index (χ0v) is 22.1. The predicted molar refractivity (Wildman–Crippen MR) is 145 cm³/mol. The van der Waals surface area contributed by atoms with E-state index < -0.39 is 6.08 Å². The van der Waals surface area contributed by atoms with Crippen molar-refractivity contribution in [1.82, 2.24) is 24.4 Å². The van der Waals surface area contributed by atoms with Crippen molar-refractivity contribution < 1.29 is 23.1 Å². The lowest BCUT2D eigenvalue weighted by Crippen LogP contribution is -2.36. The average Bonchev–Trinajstić information content (AvgIpc) is 3.57. The van der Waals surface area contributed by atoms with Crippen LogP contribution in [0.15, 0.2) is 28.7 Å². The number of nitrogens with two attached hydrogens (primary N) is 2. The van der Waals surface area contributed by atoms with E-state index in [1.54, 1.807) is 0 Å². The smallest absolute Gasteiger partial charge is 0.312 e. The summed E-state index contributed by atoms with van der Waals surface area (Å²) in [5.74, 6) is 3.66. The standard InChI is InChI=1S/C28H32FN7O4/c29-28-33-26(31)25-27(34-28)36(7-5-17-2-1-6-35(16-17)8-9-37)24(32-25)13-18-12-22-23(39-11-10-38-22)14-20(18)21-4-3-19(15-30)40-21/h3-4,9,12,14,17H,1-2,5-8,10-11,13,15-16,30H2,(H2,31,33,34)/t17-/m0/s1. The molecule has 1 fully saturated rings. The van der Waals surface area contributed by atoms with Crippen LogP contribution in [0.3, 0.4) is 0 Å². The molecule has 0 bridgehead atoms. The van der Waals surface area contributed by atoms with Crippen LogP contribution in [0.25, 0.3) is 22.5 Å². The molecular formula is C28H32FN7O4. The van der Waals surface area contributed by atoms with Crippen molar-refractivity contribution in [3.05, 3.63) is 47.5 Å². The second kappa shape index (κ2) is 11.2. The number of likely N-dealkylation sites (tertiary alicyclic amines) is 1. The number of carbonyl (C=O) groups excluding carboxylic acids is 1. The molecule has 5 heterocycles. The molecule has 2 aliphatic rings. The second-order valence-corrected chi connectivity index (χ2v) is 10.3. The lowest BCUT2D eigenvalue weighted by atomic mass is 9.94. The maximum Gasteiger partial charge on any atom is 0.312 e. The summed E-state index contributed by atoms with van der Waals surface area (Å²) >= 11 is 0. The molecule has 3 aromatic heterocycles. The van der Waals surface area contributed by atoms with E-state index in [9.17, 15) is 9.18 Å². The quantitative estimate of drug-likeness (QED) is 0.236. The van der Waals surface area contributed by atoms with Gasteiger partial charge in [-0.1, -0.05) is 0 Å². The molecule has 0 aliphatic carbocycles. The number of anilines is 1. The molecule has 1 aromatic carbocycles. The Balaban J connectivity index is 1.38. The number of aryl methyl sites for hydroxylation is 1. The van der Waals surface area contributed by atoms with Gasteiger partial charge in [-0.15, -0.1) is 0 Å². The van der Waals surface area contributed by atoms with Gasteiger partial charge in [-0.25, -0.2) is 4.98 Å². The molecule has 12 heteroatoms. The van der Waals surface area contributed by atoms with Crippen molar-refractivity contribution in [1.29, 1.82) is 0 Å². The Bertz CT molecular complexity index is 1530. The number of benzene rings is 1. The fraction of sp³-hybridized carbons (Fsp3) is 0.429. The van der Waals surface area contributed by atoms with Crippen LogP contribution < -0.4 is 20.9 Å². The van der Waals surface area contributed by atoms with E-state index in [-0.39, 0.29) is 12.4 Å². The molecule has 210 valence electrons. The highest BCUT2D eigenvalue weighted by molar-refractivity contribution is 5.82. The van der Waals surface area contributed by atoms with E-state index >= 15 is 0 Å². The zero-order chi connectivity index (χ0) is 27.6. The van der Waals surface area contributed by atoms with E-state index in [0.717, 1.165) is 49.8 Å². The van der Waals surface area contributed by atoms with Gasteiger partial charge < -0.3 is 34.7 Å². The number of halogens is 1. The normalized spacial score (nSPS) is 17.4. The van der Waals surface area contributed by atoms with Gasteiger partial charge in [0, 0.05) is 25.1 Å². The minimum atomic E-state index is -0.891. The number of fused-ring (bicyclic) bond motifs is 2. The summed E-state index contributed by atoms with van der Waals surface area (Å²) in [4.78, 5) is 25.8. The zero-order valence-electron chi connectivity index (χ0n) is 22.1. The van der Waals surface area contributed by atoms with Crippen LogP contribution in [-0.4, -0.2) is 63.6 Å². The molecule has 0 amide bonds. The fourth-order valence-corrected chi connectivity index (χ4v) is 5.69. The van der Waals surface area contributed by atoms with Gasteiger partial charge in [-0.05, 0) is 61.6 Å². The molecule has 2 aliphatic heterocycles. The molecule has 0 unspecified atom stereocenters. The number of carbonyl (C=O) groups is 1. The molecule has 4 aromatic rings. The molecular weight excluding hydrogens is 517 g/mol. The molecule has 0 radical (unpaired) electrons. The highest BCUT2D eigenvalue weighted by Gasteiger charge is 2.24. The molecule has 4 N–H and O–H groups in total. The third-order valence-corrected chi connectivity index (χ3v) is 7.62. The minimum Gasteiger partial charge on any atom is -0.486 e. The second-order valence-electron chi connectivity index (χ2n) is 10.3.